The number of imide groups is 1. The van der Waals surface area contributed by atoms with E-state index in [1.54, 1.807) is 43.3 Å². The van der Waals surface area contributed by atoms with Crippen LogP contribution < -0.4 is 5.32 Å². The van der Waals surface area contributed by atoms with Gasteiger partial charge in [0.1, 0.15) is 5.75 Å². The topological polar surface area (TPSA) is 95.9 Å². The van der Waals surface area contributed by atoms with E-state index in [1.165, 1.54) is 19.2 Å². The van der Waals surface area contributed by atoms with Gasteiger partial charge >= 0.3 is 5.97 Å². The zero-order valence-electron chi connectivity index (χ0n) is 16.2. The Balaban J connectivity index is 1.93. The molecule has 0 bridgehead atoms. The summed E-state index contributed by atoms with van der Waals surface area (Å²) >= 11 is 0. The minimum atomic E-state index is -1.48. The average molecular weight is 394 g/mol. The third-order valence-electron chi connectivity index (χ3n) is 5.86. The van der Waals surface area contributed by atoms with Crippen molar-refractivity contribution in [2.24, 2.45) is 11.8 Å². The first-order valence-electron chi connectivity index (χ1n) is 9.52. The minimum Gasteiger partial charge on any atom is -0.508 e. The molecule has 0 unspecified atom stereocenters. The highest BCUT2D eigenvalue weighted by Crippen LogP contribution is 2.53. The lowest BCUT2D eigenvalue weighted by atomic mass is 9.75. The van der Waals surface area contributed by atoms with E-state index in [2.05, 4.69) is 5.32 Å². The van der Waals surface area contributed by atoms with E-state index in [0.717, 1.165) is 4.90 Å². The Morgan fingerprint density at radius 2 is 1.76 bits per heavy atom. The molecule has 2 saturated heterocycles. The number of aromatic hydroxyl groups is 1. The van der Waals surface area contributed by atoms with Crippen LogP contribution in [-0.2, 0) is 24.7 Å². The maximum Gasteiger partial charge on any atom is 0.331 e. The predicted molar refractivity (Wildman–Crippen MR) is 103 cm³/mol. The Kier molecular flexibility index (Phi) is 4.62. The molecule has 7 nitrogen and oxygen atoms in total. The first kappa shape index (κ1) is 19.1. The highest BCUT2D eigenvalue weighted by atomic mass is 16.5. The fourth-order valence-corrected chi connectivity index (χ4v) is 4.54. The number of carbonyl (C=O) groups excluding carboxylic acids is 3. The average Bonchev–Trinajstić information content (AvgIpc) is 3.20. The molecule has 2 amide bonds. The van der Waals surface area contributed by atoms with Crippen molar-refractivity contribution < 1.29 is 24.2 Å². The maximum atomic E-state index is 13.3. The van der Waals surface area contributed by atoms with Crippen LogP contribution >= 0.6 is 0 Å². The summed E-state index contributed by atoms with van der Waals surface area (Å²) in [4.78, 5) is 40.5. The van der Waals surface area contributed by atoms with Gasteiger partial charge in [0.25, 0.3) is 0 Å². The SMILES string of the molecule is CCOC(=O)[C@@]1(c2ccccc2)N[C@@H](c2ccc(O)cc2)[C@H]2C(=O)N(C)C(=O)[C@H]21. The molecule has 2 aromatic rings. The molecule has 7 heteroatoms. The number of likely N-dealkylation sites (tertiary alicyclic amines) is 1. The van der Waals surface area contributed by atoms with E-state index in [0.29, 0.717) is 11.1 Å². The molecule has 4 atom stereocenters. The van der Waals surface area contributed by atoms with E-state index in [-0.39, 0.29) is 18.3 Å². The molecule has 2 aliphatic heterocycles. The second-order valence-corrected chi connectivity index (χ2v) is 7.35. The molecule has 4 rings (SSSR count). The summed E-state index contributed by atoms with van der Waals surface area (Å²) in [6.07, 6.45) is 0. The van der Waals surface area contributed by atoms with Crippen molar-refractivity contribution >= 4 is 17.8 Å². The molecule has 0 aliphatic carbocycles. The van der Waals surface area contributed by atoms with Gasteiger partial charge in [0.05, 0.1) is 18.4 Å². The quantitative estimate of drug-likeness (QED) is 0.606. The van der Waals surface area contributed by atoms with Crippen molar-refractivity contribution in [3.8, 4) is 5.75 Å². The molecular weight excluding hydrogens is 372 g/mol. The number of ether oxygens (including phenoxy) is 1. The Morgan fingerprint density at radius 3 is 2.38 bits per heavy atom. The standard InChI is InChI=1S/C22H22N2O5/c1-3-29-21(28)22(14-7-5-4-6-8-14)17-16(19(26)24(2)20(17)27)18(23-22)13-9-11-15(25)12-10-13/h4-12,16-18,23,25H,3H2,1-2H3/t16-,17-,18-,22-/m0/s1. The van der Waals surface area contributed by atoms with Crippen molar-refractivity contribution in [3.05, 3.63) is 65.7 Å². The Labute approximate surface area is 168 Å². The lowest BCUT2D eigenvalue weighted by Gasteiger charge is -2.33. The van der Waals surface area contributed by atoms with Crippen LogP contribution in [0.5, 0.6) is 5.75 Å². The molecule has 2 heterocycles. The fourth-order valence-electron chi connectivity index (χ4n) is 4.54. The van der Waals surface area contributed by atoms with Crippen LogP contribution in [0.15, 0.2) is 54.6 Å². The number of hydrogen-bond donors (Lipinski definition) is 2. The number of amides is 2. The summed E-state index contributed by atoms with van der Waals surface area (Å²) in [6, 6.07) is 14.7. The maximum absolute atomic E-state index is 13.3. The Morgan fingerprint density at radius 1 is 1.10 bits per heavy atom. The second-order valence-electron chi connectivity index (χ2n) is 7.35. The van der Waals surface area contributed by atoms with Gasteiger partial charge in [-0.05, 0) is 30.2 Å². The lowest BCUT2D eigenvalue weighted by molar-refractivity contribution is -0.156. The molecule has 0 saturated carbocycles. The summed E-state index contributed by atoms with van der Waals surface area (Å²) in [7, 11) is 1.44. The molecule has 150 valence electrons. The number of esters is 1. The van der Waals surface area contributed by atoms with Gasteiger partial charge in [0.2, 0.25) is 11.8 Å². The van der Waals surface area contributed by atoms with Gasteiger partial charge in [-0.25, -0.2) is 4.79 Å². The Bertz CT molecular complexity index is 959. The summed E-state index contributed by atoms with van der Waals surface area (Å²) < 4.78 is 5.39. The van der Waals surface area contributed by atoms with Crippen LogP contribution in [0, 0.1) is 11.8 Å². The van der Waals surface area contributed by atoms with Gasteiger partial charge in [-0.2, -0.15) is 0 Å². The first-order valence-corrected chi connectivity index (χ1v) is 9.52. The molecule has 0 radical (unpaired) electrons. The largest absolute Gasteiger partial charge is 0.508 e. The molecule has 29 heavy (non-hydrogen) atoms. The summed E-state index contributed by atoms with van der Waals surface area (Å²) in [5.41, 5.74) is -0.204. The van der Waals surface area contributed by atoms with Gasteiger partial charge in [-0.1, -0.05) is 42.5 Å². The normalized spacial score (nSPS) is 28.5. The number of phenolic OH excluding ortho intramolecular Hbond substituents is 1. The summed E-state index contributed by atoms with van der Waals surface area (Å²) in [5.74, 6) is -2.94. The van der Waals surface area contributed by atoms with Crippen LogP contribution in [0.2, 0.25) is 0 Å². The molecule has 2 fully saturated rings. The van der Waals surface area contributed by atoms with Gasteiger partial charge < -0.3 is 9.84 Å². The van der Waals surface area contributed by atoms with E-state index >= 15 is 0 Å². The van der Waals surface area contributed by atoms with E-state index in [9.17, 15) is 19.5 Å². The number of fused-ring (bicyclic) bond motifs is 1. The van der Waals surface area contributed by atoms with Crippen LogP contribution in [0.3, 0.4) is 0 Å². The molecule has 2 N–H and O–H groups in total. The molecule has 2 aromatic carbocycles. The number of nitrogens with zero attached hydrogens (tertiary/aromatic N) is 1. The van der Waals surface area contributed by atoms with Crippen LogP contribution in [0.4, 0.5) is 0 Å². The van der Waals surface area contributed by atoms with E-state index in [1.807, 2.05) is 6.07 Å². The number of hydrogen-bond acceptors (Lipinski definition) is 6. The van der Waals surface area contributed by atoms with Crippen molar-refractivity contribution in [2.75, 3.05) is 13.7 Å². The predicted octanol–water partition coefficient (Wildman–Crippen LogP) is 1.73. The van der Waals surface area contributed by atoms with Crippen LogP contribution in [-0.4, -0.2) is 41.4 Å². The number of nitrogens with one attached hydrogen (secondary N) is 1. The number of phenols is 1. The zero-order valence-corrected chi connectivity index (χ0v) is 16.2. The minimum absolute atomic E-state index is 0.0916. The van der Waals surface area contributed by atoms with E-state index in [4.69, 9.17) is 4.74 Å². The zero-order chi connectivity index (χ0) is 20.8. The molecular formula is C22H22N2O5. The van der Waals surface area contributed by atoms with E-state index < -0.39 is 35.3 Å². The van der Waals surface area contributed by atoms with Gasteiger partial charge in [-0.3, -0.25) is 19.8 Å². The first-order chi connectivity index (χ1) is 13.9. The third kappa shape index (κ3) is 2.73. The van der Waals surface area contributed by atoms with Gasteiger partial charge in [0, 0.05) is 13.1 Å². The second kappa shape index (κ2) is 7.00. The lowest BCUT2D eigenvalue weighted by Crippen LogP contribution is -2.53. The van der Waals surface area contributed by atoms with Crippen molar-refractivity contribution in [3.63, 3.8) is 0 Å². The number of rotatable bonds is 4. The number of benzene rings is 2. The van der Waals surface area contributed by atoms with Crippen molar-refractivity contribution in [1.82, 2.24) is 10.2 Å². The number of carbonyl (C=O) groups is 3. The van der Waals surface area contributed by atoms with Gasteiger partial charge in [-0.15, -0.1) is 0 Å². The van der Waals surface area contributed by atoms with Crippen LogP contribution in [0.25, 0.3) is 0 Å². The van der Waals surface area contributed by atoms with Crippen LogP contribution in [0.1, 0.15) is 24.1 Å². The monoisotopic (exact) mass is 394 g/mol. The molecule has 0 aromatic heterocycles. The third-order valence-corrected chi connectivity index (χ3v) is 5.86. The summed E-state index contributed by atoms with van der Waals surface area (Å²) in [6.45, 7) is 1.85. The molecule has 2 aliphatic rings. The van der Waals surface area contributed by atoms with Gasteiger partial charge in [0.15, 0.2) is 5.54 Å². The van der Waals surface area contributed by atoms with Crippen molar-refractivity contribution in [1.29, 1.82) is 0 Å². The molecule has 0 spiro atoms. The fraction of sp³-hybridized carbons (Fsp3) is 0.318. The highest BCUT2D eigenvalue weighted by Gasteiger charge is 2.69. The Hall–Kier alpha value is -3.19. The van der Waals surface area contributed by atoms with Crippen molar-refractivity contribution in [2.45, 2.75) is 18.5 Å². The smallest absolute Gasteiger partial charge is 0.331 e. The highest BCUT2D eigenvalue weighted by molar-refractivity contribution is 6.09. The summed E-state index contributed by atoms with van der Waals surface area (Å²) in [5, 5.41) is 12.9.